The predicted octanol–water partition coefficient (Wildman–Crippen LogP) is 4.30. The molecule has 0 radical (unpaired) electrons. The van der Waals surface area contributed by atoms with Crippen molar-refractivity contribution in [3.05, 3.63) is 54.1 Å². The lowest BCUT2D eigenvalue weighted by Crippen LogP contribution is -2.00. The average molecular weight is 284 g/mol. The van der Waals surface area contributed by atoms with Crippen LogP contribution >= 0.6 is 0 Å². The summed E-state index contributed by atoms with van der Waals surface area (Å²) in [6.45, 7) is 2.63. The molecule has 0 heterocycles. The van der Waals surface area contributed by atoms with Crippen molar-refractivity contribution in [2.75, 3.05) is 6.61 Å². The van der Waals surface area contributed by atoms with Gasteiger partial charge in [-0.1, -0.05) is 42.0 Å². The van der Waals surface area contributed by atoms with Crippen molar-refractivity contribution in [3.8, 4) is 16.9 Å². The molecule has 21 heavy (non-hydrogen) atoms. The van der Waals surface area contributed by atoms with E-state index < -0.39 is 5.97 Å². The molecule has 2 rings (SSSR count). The molecule has 2 aromatic carbocycles. The third-order valence-electron chi connectivity index (χ3n) is 3.29. The van der Waals surface area contributed by atoms with Gasteiger partial charge in [-0.05, 0) is 43.0 Å². The third-order valence-corrected chi connectivity index (χ3v) is 3.29. The van der Waals surface area contributed by atoms with Crippen molar-refractivity contribution in [1.82, 2.24) is 0 Å². The first-order valence-corrected chi connectivity index (χ1v) is 7.17. The largest absolute Gasteiger partial charge is 0.494 e. The number of hydrogen-bond acceptors (Lipinski definition) is 2. The number of benzene rings is 2. The fraction of sp³-hybridized carbons (Fsp3) is 0.278. The lowest BCUT2D eigenvalue weighted by atomic mass is 10.0. The number of unbranched alkanes of at least 4 members (excludes halogenated alkanes) is 1. The minimum Gasteiger partial charge on any atom is -0.494 e. The summed E-state index contributed by atoms with van der Waals surface area (Å²) in [5, 5.41) is 8.54. The zero-order valence-electron chi connectivity index (χ0n) is 12.2. The van der Waals surface area contributed by atoms with Crippen LogP contribution in [0.5, 0.6) is 5.75 Å². The molecule has 0 bridgehead atoms. The number of aryl methyl sites for hydroxylation is 1. The Labute approximate surface area is 125 Å². The van der Waals surface area contributed by atoms with Crippen molar-refractivity contribution in [1.29, 1.82) is 0 Å². The van der Waals surface area contributed by atoms with Gasteiger partial charge in [0.25, 0.3) is 0 Å². The minimum absolute atomic E-state index is 0.204. The van der Waals surface area contributed by atoms with E-state index in [0.717, 1.165) is 17.7 Å². The quantitative estimate of drug-likeness (QED) is 0.771. The van der Waals surface area contributed by atoms with Gasteiger partial charge in [0.1, 0.15) is 5.75 Å². The summed E-state index contributed by atoms with van der Waals surface area (Å²) >= 11 is 0. The number of hydrogen-bond donors (Lipinski definition) is 1. The van der Waals surface area contributed by atoms with Crippen molar-refractivity contribution in [2.45, 2.75) is 26.2 Å². The van der Waals surface area contributed by atoms with Gasteiger partial charge in [0.05, 0.1) is 6.61 Å². The first-order chi connectivity index (χ1) is 10.1. The van der Waals surface area contributed by atoms with Crippen LogP contribution in [0.2, 0.25) is 0 Å². The molecular weight excluding hydrogens is 264 g/mol. The lowest BCUT2D eigenvalue weighted by Gasteiger charge is -2.07. The second-order valence-corrected chi connectivity index (χ2v) is 5.09. The second-order valence-electron chi connectivity index (χ2n) is 5.09. The Hall–Kier alpha value is -2.29. The Morgan fingerprint density at radius 1 is 0.952 bits per heavy atom. The maximum absolute atomic E-state index is 10.4. The Morgan fingerprint density at radius 3 is 2.10 bits per heavy atom. The molecular formula is C18H20O3. The van der Waals surface area contributed by atoms with E-state index in [-0.39, 0.29) is 6.42 Å². The summed E-state index contributed by atoms with van der Waals surface area (Å²) in [5.41, 5.74) is 3.60. The highest BCUT2D eigenvalue weighted by molar-refractivity contribution is 5.66. The molecule has 2 aromatic rings. The van der Waals surface area contributed by atoms with Gasteiger partial charge in [-0.25, -0.2) is 0 Å². The highest BCUT2D eigenvalue weighted by Crippen LogP contribution is 2.22. The van der Waals surface area contributed by atoms with Gasteiger partial charge in [-0.3, -0.25) is 4.79 Å². The molecule has 3 nitrogen and oxygen atoms in total. The number of carboxylic acids is 1. The van der Waals surface area contributed by atoms with Crippen molar-refractivity contribution in [3.63, 3.8) is 0 Å². The molecule has 0 aliphatic rings. The molecule has 0 aromatic heterocycles. The summed E-state index contributed by atoms with van der Waals surface area (Å²) in [6.07, 6.45) is 1.61. The molecule has 0 unspecified atom stereocenters. The zero-order valence-corrected chi connectivity index (χ0v) is 12.2. The van der Waals surface area contributed by atoms with Crippen LogP contribution in [0.25, 0.3) is 11.1 Å². The van der Waals surface area contributed by atoms with E-state index in [0.29, 0.717) is 13.0 Å². The van der Waals surface area contributed by atoms with Crippen LogP contribution in [-0.4, -0.2) is 17.7 Å². The van der Waals surface area contributed by atoms with Crippen molar-refractivity contribution in [2.24, 2.45) is 0 Å². The van der Waals surface area contributed by atoms with E-state index in [9.17, 15) is 4.79 Å². The van der Waals surface area contributed by atoms with Crippen LogP contribution in [0.1, 0.15) is 24.8 Å². The molecule has 3 heteroatoms. The number of ether oxygens (including phenoxy) is 1. The van der Waals surface area contributed by atoms with Crippen LogP contribution in [0.4, 0.5) is 0 Å². The minimum atomic E-state index is -0.752. The van der Waals surface area contributed by atoms with E-state index in [1.807, 2.05) is 24.3 Å². The summed E-state index contributed by atoms with van der Waals surface area (Å²) in [5.74, 6) is 0.0682. The summed E-state index contributed by atoms with van der Waals surface area (Å²) < 4.78 is 5.60. The van der Waals surface area contributed by atoms with Gasteiger partial charge in [0, 0.05) is 6.42 Å². The van der Waals surface area contributed by atoms with Crippen LogP contribution in [0.3, 0.4) is 0 Å². The normalized spacial score (nSPS) is 10.3. The molecule has 0 aliphatic heterocycles. The van der Waals surface area contributed by atoms with E-state index in [2.05, 4.69) is 31.2 Å². The van der Waals surface area contributed by atoms with Gasteiger partial charge < -0.3 is 9.84 Å². The van der Waals surface area contributed by atoms with E-state index in [1.165, 1.54) is 11.1 Å². The summed E-state index contributed by atoms with van der Waals surface area (Å²) in [6, 6.07) is 16.4. The Balaban J connectivity index is 1.84. The Bertz CT molecular complexity index is 570. The molecule has 0 saturated heterocycles. The third kappa shape index (κ3) is 4.95. The van der Waals surface area contributed by atoms with Crippen LogP contribution in [-0.2, 0) is 4.79 Å². The molecule has 0 atom stereocenters. The van der Waals surface area contributed by atoms with Crippen molar-refractivity contribution >= 4 is 5.97 Å². The summed E-state index contributed by atoms with van der Waals surface area (Å²) in [7, 11) is 0. The van der Waals surface area contributed by atoms with Gasteiger partial charge >= 0.3 is 5.97 Å². The first-order valence-electron chi connectivity index (χ1n) is 7.17. The van der Waals surface area contributed by atoms with Gasteiger partial charge in [-0.2, -0.15) is 0 Å². The maximum Gasteiger partial charge on any atom is 0.303 e. The smallest absolute Gasteiger partial charge is 0.303 e. The predicted molar refractivity (Wildman–Crippen MR) is 83.6 cm³/mol. The van der Waals surface area contributed by atoms with E-state index >= 15 is 0 Å². The Kier molecular flexibility index (Phi) is 5.38. The summed E-state index contributed by atoms with van der Waals surface area (Å²) in [4.78, 5) is 10.4. The topological polar surface area (TPSA) is 46.5 Å². The number of carbonyl (C=O) groups is 1. The van der Waals surface area contributed by atoms with Gasteiger partial charge in [0.2, 0.25) is 0 Å². The highest BCUT2D eigenvalue weighted by Gasteiger charge is 2.00. The molecule has 0 spiro atoms. The average Bonchev–Trinajstić information content (AvgIpc) is 2.48. The standard InChI is InChI=1S/C18H20O3/c1-14-5-7-15(8-6-14)16-9-11-17(12-10-16)21-13-3-2-4-18(19)20/h5-12H,2-4,13H2,1H3,(H,19,20). The fourth-order valence-corrected chi connectivity index (χ4v) is 2.06. The number of rotatable bonds is 7. The molecule has 0 amide bonds. The monoisotopic (exact) mass is 284 g/mol. The molecule has 0 saturated carbocycles. The van der Waals surface area contributed by atoms with Crippen molar-refractivity contribution < 1.29 is 14.6 Å². The molecule has 0 aliphatic carbocycles. The highest BCUT2D eigenvalue weighted by atomic mass is 16.5. The van der Waals surface area contributed by atoms with E-state index in [1.54, 1.807) is 0 Å². The van der Waals surface area contributed by atoms with Crippen LogP contribution in [0.15, 0.2) is 48.5 Å². The number of aliphatic carboxylic acids is 1. The number of carboxylic acid groups (broad SMARTS) is 1. The van der Waals surface area contributed by atoms with Crippen LogP contribution in [0, 0.1) is 6.92 Å². The van der Waals surface area contributed by atoms with E-state index in [4.69, 9.17) is 9.84 Å². The fourth-order valence-electron chi connectivity index (χ4n) is 2.06. The van der Waals surface area contributed by atoms with Gasteiger partial charge in [0.15, 0.2) is 0 Å². The van der Waals surface area contributed by atoms with Gasteiger partial charge in [-0.15, -0.1) is 0 Å². The lowest BCUT2D eigenvalue weighted by molar-refractivity contribution is -0.137. The molecule has 110 valence electrons. The SMILES string of the molecule is Cc1ccc(-c2ccc(OCCCCC(=O)O)cc2)cc1. The second kappa shape index (κ2) is 7.48. The zero-order chi connectivity index (χ0) is 15.1. The molecule has 0 fully saturated rings. The van der Waals surface area contributed by atoms with Crippen LogP contribution < -0.4 is 4.74 Å². The molecule has 1 N–H and O–H groups in total. The maximum atomic E-state index is 10.4. The Morgan fingerprint density at radius 2 is 1.52 bits per heavy atom. The first kappa shape index (κ1) is 15.1.